The molecule has 0 saturated carbocycles. The average molecular weight is 364 g/mol. The molecule has 0 spiro atoms. The maximum absolute atomic E-state index is 13.4. The number of ether oxygens (including phenoxy) is 1. The van der Waals surface area contributed by atoms with E-state index in [2.05, 4.69) is 5.16 Å². The van der Waals surface area contributed by atoms with Crippen molar-refractivity contribution in [3.63, 3.8) is 0 Å². The Morgan fingerprint density at radius 1 is 1.16 bits per heavy atom. The van der Waals surface area contributed by atoms with Gasteiger partial charge in [-0.25, -0.2) is 8.42 Å². The molecule has 1 atom stereocenters. The molecule has 1 aromatic heterocycles. The predicted octanol–water partition coefficient (Wildman–Crippen LogP) is 3.61. The van der Waals surface area contributed by atoms with Crippen molar-refractivity contribution in [1.29, 1.82) is 0 Å². The third-order valence-corrected chi connectivity index (χ3v) is 6.89. The smallest absolute Gasteiger partial charge is 0.249 e. The lowest BCUT2D eigenvalue weighted by atomic mass is 10.0. The number of methoxy groups -OCH3 is 1. The van der Waals surface area contributed by atoms with Crippen LogP contribution in [0.5, 0.6) is 5.75 Å². The zero-order valence-corrected chi connectivity index (χ0v) is 15.7. The van der Waals surface area contributed by atoms with Gasteiger partial charge in [-0.3, -0.25) is 0 Å². The Morgan fingerprint density at radius 3 is 2.48 bits per heavy atom. The van der Waals surface area contributed by atoms with E-state index in [9.17, 15) is 8.42 Å². The molecule has 0 aliphatic carbocycles. The largest absolute Gasteiger partial charge is 0.497 e. The Kier molecular flexibility index (Phi) is 5.15. The van der Waals surface area contributed by atoms with Gasteiger partial charge < -0.3 is 9.26 Å². The minimum Gasteiger partial charge on any atom is -0.497 e. The second-order valence-electron chi connectivity index (χ2n) is 6.41. The van der Waals surface area contributed by atoms with Crippen LogP contribution in [0.1, 0.15) is 48.7 Å². The molecule has 0 bridgehead atoms. The van der Waals surface area contributed by atoms with Crippen LogP contribution in [0.2, 0.25) is 0 Å². The zero-order valence-electron chi connectivity index (χ0n) is 14.9. The molecule has 1 aliphatic rings. The van der Waals surface area contributed by atoms with Crippen LogP contribution in [0.25, 0.3) is 0 Å². The lowest BCUT2D eigenvalue weighted by molar-refractivity contribution is 0.327. The Labute approximate surface area is 148 Å². The first-order valence-corrected chi connectivity index (χ1v) is 9.98. The minimum atomic E-state index is -3.67. The summed E-state index contributed by atoms with van der Waals surface area (Å²) in [6.45, 7) is 3.82. The monoisotopic (exact) mass is 364 g/mol. The van der Waals surface area contributed by atoms with Gasteiger partial charge in [-0.05, 0) is 44.4 Å². The number of rotatable bonds is 4. The highest BCUT2D eigenvalue weighted by atomic mass is 32.2. The molecule has 3 rings (SSSR count). The Bertz CT molecular complexity index is 808. The van der Waals surface area contributed by atoms with Crippen LogP contribution >= 0.6 is 0 Å². The summed E-state index contributed by atoms with van der Waals surface area (Å²) in [5.41, 5.74) is 1.40. The number of hydrogen-bond acceptors (Lipinski definition) is 5. The topological polar surface area (TPSA) is 72.6 Å². The molecule has 25 heavy (non-hydrogen) atoms. The number of benzene rings is 1. The predicted molar refractivity (Wildman–Crippen MR) is 94.1 cm³/mol. The van der Waals surface area contributed by atoms with E-state index in [-0.39, 0.29) is 10.9 Å². The molecule has 0 N–H and O–H groups in total. The van der Waals surface area contributed by atoms with Crippen LogP contribution in [0.4, 0.5) is 0 Å². The first-order valence-electron chi connectivity index (χ1n) is 8.54. The molecule has 7 heteroatoms. The third kappa shape index (κ3) is 3.43. The van der Waals surface area contributed by atoms with Crippen LogP contribution in [0.3, 0.4) is 0 Å². The van der Waals surface area contributed by atoms with Crippen molar-refractivity contribution in [2.75, 3.05) is 13.7 Å². The van der Waals surface area contributed by atoms with Crippen molar-refractivity contribution in [3.8, 4) is 5.75 Å². The fourth-order valence-electron chi connectivity index (χ4n) is 3.49. The SMILES string of the molecule is COc1ccc([C@H]2CCCCCN2S(=O)(=O)c2c(C)noc2C)cc1. The molecular weight excluding hydrogens is 340 g/mol. The summed E-state index contributed by atoms with van der Waals surface area (Å²) in [4.78, 5) is 0.202. The maximum atomic E-state index is 13.4. The molecule has 1 saturated heterocycles. The molecule has 2 heterocycles. The Morgan fingerprint density at radius 2 is 1.88 bits per heavy atom. The highest BCUT2D eigenvalue weighted by Crippen LogP contribution is 2.36. The first kappa shape index (κ1) is 17.9. The van der Waals surface area contributed by atoms with Crippen molar-refractivity contribution in [2.45, 2.75) is 50.5 Å². The maximum Gasteiger partial charge on any atom is 0.249 e. The molecule has 1 aromatic carbocycles. The molecule has 1 fully saturated rings. The summed E-state index contributed by atoms with van der Waals surface area (Å²) >= 11 is 0. The normalized spacial score (nSPS) is 19.6. The summed E-state index contributed by atoms with van der Waals surface area (Å²) < 4.78 is 38.6. The summed E-state index contributed by atoms with van der Waals surface area (Å²) in [6.07, 6.45) is 3.69. The number of nitrogens with zero attached hydrogens (tertiary/aromatic N) is 2. The number of aromatic nitrogens is 1. The molecule has 0 amide bonds. The second kappa shape index (κ2) is 7.17. The van der Waals surface area contributed by atoms with Gasteiger partial charge in [-0.1, -0.05) is 30.1 Å². The van der Waals surface area contributed by atoms with Crippen molar-refractivity contribution in [2.24, 2.45) is 0 Å². The fraction of sp³-hybridized carbons (Fsp3) is 0.500. The lowest BCUT2D eigenvalue weighted by Gasteiger charge is -2.29. The number of sulfonamides is 1. The number of aryl methyl sites for hydroxylation is 2. The molecule has 2 aromatic rings. The van der Waals surface area contributed by atoms with Gasteiger partial charge >= 0.3 is 0 Å². The van der Waals surface area contributed by atoms with Crippen molar-refractivity contribution in [1.82, 2.24) is 9.46 Å². The highest BCUT2D eigenvalue weighted by molar-refractivity contribution is 7.89. The van der Waals surface area contributed by atoms with E-state index in [0.717, 1.165) is 37.0 Å². The van der Waals surface area contributed by atoms with Crippen molar-refractivity contribution >= 4 is 10.0 Å². The van der Waals surface area contributed by atoms with Gasteiger partial charge in [-0.15, -0.1) is 0 Å². The second-order valence-corrected chi connectivity index (χ2v) is 8.23. The van der Waals surface area contributed by atoms with Crippen LogP contribution < -0.4 is 4.74 Å². The van der Waals surface area contributed by atoms with E-state index in [1.165, 1.54) is 0 Å². The standard InChI is InChI=1S/C18H24N2O4S/c1-13-18(14(2)24-19-13)25(21,22)20-12-6-4-5-7-17(20)15-8-10-16(23-3)11-9-15/h8-11,17H,4-7,12H2,1-3H3/t17-/m1/s1. The zero-order chi connectivity index (χ0) is 18.0. The van der Waals surface area contributed by atoms with Crippen LogP contribution in [-0.4, -0.2) is 31.5 Å². The first-order chi connectivity index (χ1) is 11.9. The molecule has 1 aliphatic heterocycles. The quantitative estimate of drug-likeness (QED) is 0.829. The van der Waals surface area contributed by atoms with E-state index in [1.54, 1.807) is 25.3 Å². The van der Waals surface area contributed by atoms with Crippen LogP contribution in [0.15, 0.2) is 33.7 Å². The van der Waals surface area contributed by atoms with Gasteiger partial charge in [0.25, 0.3) is 0 Å². The molecule has 0 radical (unpaired) electrons. The summed E-state index contributed by atoms with van der Waals surface area (Å²) in [7, 11) is -2.05. The molecule has 6 nitrogen and oxygen atoms in total. The summed E-state index contributed by atoms with van der Waals surface area (Å²) in [6, 6.07) is 7.46. The van der Waals surface area contributed by atoms with Gasteiger partial charge in [0.15, 0.2) is 5.76 Å². The molecule has 136 valence electrons. The number of hydrogen-bond donors (Lipinski definition) is 0. The van der Waals surface area contributed by atoms with Crippen molar-refractivity contribution < 1.29 is 17.7 Å². The summed E-state index contributed by atoms with van der Waals surface area (Å²) in [5.74, 6) is 1.10. The van der Waals surface area contributed by atoms with Gasteiger partial charge in [0, 0.05) is 6.54 Å². The average Bonchev–Trinajstić information content (AvgIpc) is 2.81. The van der Waals surface area contributed by atoms with E-state index in [4.69, 9.17) is 9.26 Å². The van der Waals surface area contributed by atoms with E-state index in [0.29, 0.717) is 18.0 Å². The van der Waals surface area contributed by atoms with Crippen LogP contribution in [0, 0.1) is 13.8 Å². The van der Waals surface area contributed by atoms with Gasteiger partial charge in [0.05, 0.1) is 13.2 Å². The molecule has 0 unspecified atom stereocenters. The Balaban J connectivity index is 2.03. The molecular formula is C18H24N2O4S. The lowest BCUT2D eigenvalue weighted by Crippen LogP contribution is -2.35. The van der Waals surface area contributed by atoms with Gasteiger partial charge in [0.2, 0.25) is 10.0 Å². The van der Waals surface area contributed by atoms with Crippen molar-refractivity contribution in [3.05, 3.63) is 41.3 Å². The van der Waals surface area contributed by atoms with E-state index < -0.39 is 10.0 Å². The van der Waals surface area contributed by atoms with E-state index in [1.807, 2.05) is 24.3 Å². The van der Waals surface area contributed by atoms with E-state index >= 15 is 0 Å². The highest BCUT2D eigenvalue weighted by Gasteiger charge is 2.37. The summed E-state index contributed by atoms with van der Waals surface area (Å²) in [5, 5.41) is 3.82. The van der Waals surface area contributed by atoms with Gasteiger partial charge in [0.1, 0.15) is 16.3 Å². The van der Waals surface area contributed by atoms with Gasteiger partial charge in [-0.2, -0.15) is 4.31 Å². The minimum absolute atomic E-state index is 0.188. The van der Waals surface area contributed by atoms with Crippen LogP contribution in [-0.2, 0) is 10.0 Å². The third-order valence-electron chi connectivity index (χ3n) is 4.74. The Hall–Kier alpha value is -1.86. The fourth-order valence-corrected chi connectivity index (χ4v) is 5.47.